The molecule has 0 saturated heterocycles. The van der Waals surface area contributed by atoms with Crippen LogP contribution in [0.4, 0.5) is 26.3 Å². The van der Waals surface area contributed by atoms with E-state index in [1.807, 2.05) is 0 Å². The van der Waals surface area contributed by atoms with E-state index in [-0.39, 0.29) is 17.8 Å². The summed E-state index contributed by atoms with van der Waals surface area (Å²) in [6.07, 6.45) is 0.403. The van der Waals surface area contributed by atoms with Crippen LogP contribution in [0.2, 0.25) is 0 Å². The molecule has 0 atom stereocenters. The van der Waals surface area contributed by atoms with E-state index in [0.717, 1.165) is 76.2 Å². The third-order valence-electron chi connectivity index (χ3n) is 8.80. The molecule has 1 aromatic rings. The molecular weight excluding hydrogens is 562 g/mol. The zero-order valence-electron chi connectivity index (χ0n) is 22.2. The Labute approximate surface area is 230 Å². The van der Waals surface area contributed by atoms with Crippen molar-refractivity contribution in [1.29, 1.82) is 0 Å². The number of rotatable bonds is 9. The highest BCUT2D eigenvalue weighted by Crippen LogP contribution is 2.48. The number of halogens is 6. The van der Waals surface area contributed by atoms with E-state index in [1.165, 1.54) is 0 Å². The van der Waals surface area contributed by atoms with Gasteiger partial charge in [-0.1, -0.05) is 69.9 Å². The molecule has 3 saturated carbocycles. The standard InChI is InChI=1S/C28H36F6O5S/c29-26(30,39-27(31,32)28(33,34)40(36,37)38)25(35)24-22(19-12-6-2-7-13-19)16-21(18-10-4-1-5-11-18)17-23(24)20-14-8-3-9-15-20/h16-20H,1-15H2,(H,36,37,38). The predicted molar refractivity (Wildman–Crippen MR) is 136 cm³/mol. The molecule has 0 unspecified atom stereocenters. The van der Waals surface area contributed by atoms with Crippen molar-refractivity contribution < 1.29 is 48.8 Å². The molecule has 0 bridgehead atoms. The van der Waals surface area contributed by atoms with Gasteiger partial charge in [0.15, 0.2) is 0 Å². The highest BCUT2D eigenvalue weighted by atomic mass is 32.2. The van der Waals surface area contributed by atoms with Crippen molar-refractivity contribution in [2.75, 3.05) is 0 Å². The summed E-state index contributed by atoms with van der Waals surface area (Å²) >= 11 is 0. The molecule has 0 aromatic heterocycles. The van der Waals surface area contributed by atoms with Gasteiger partial charge in [-0.25, -0.2) is 4.74 Å². The third kappa shape index (κ3) is 6.38. The molecule has 12 heteroatoms. The van der Waals surface area contributed by atoms with Crippen LogP contribution in [0.1, 0.15) is 141 Å². The van der Waals surface area contributed by atoms with Crippen molar-refractivity contribution in [3.05, 3.63) is 34.4 Å². The lowest BCUT2D eigenvalue weighted by Crippen LogP contribution is -2.53. The number of hydrogen-bond acceptors (Lipinski definition) is 4. The van der Waals surface area contributed by atoms with E-state index in [1.54, 1.807) is 12.1 Å². The fraction of sp³-hybridized carbons (Fsp3) is 0.750. The van der Waals surface area contributed by atoms with Crippen molar-refractivity contribution in [1.82, 2.24) is 0 Å². The molecule has 0 heterocycles. The molecule has 0 radical (unpaired) electrons. The van der Waals surface area contributed by atoms with Crippen LogP contribution in [-0.4, -0.2) is 36.2 Å². The summed E-state index contributed by atoms with van der Waals surface area (Å²) in [6, 6.07) is 3.46. The quantitative estimate of drug-likeness (QED) is 0.175. The average molecular weight is 599 g/mol. The van der Waals surface area contributed by atoms with Gasteiger partial charge in [0.2, 0.25) is 0 Å². The monoisotopic (exact) mass is 598 g/mol. The highest BCUT2D eigenvalue weighted by Gasteiger charge is 2.71. The van der Waals surface area contributed by atoms with Crippen LogP contribution in [0.25, 0.3) is 0 Å². The Bertz CT molecular complexity index is 1130. The largest absolute Gasteiger partial charge is 0.460 e. The number of benzene rings is 1. The Morgan fingerprint density at radius 3 is 1.45 bits per heavy atom. The number of alkyl halides is 6. The maximum Gasteiger partial charge on any atom is 0.460 e. The SMILES string of the molecule is O=C(c1c(C2CCCCC2)cc(C2CCCCC2)cc1C1CCCCC1)C(F)(F)OC(F)(F)C(F)(F)S(=O)(=O)O. The lowest BCUT2D eigenvalue weighted by molar-refractivity contribution is -0.395. The zero-order chi connectivity index (χ0) is 29.3. The van der Waals surface area contributed by atoms with E-state index in [0.29, 0.717) is 36.8 Å². The van der Waals surface area contributed by atoms with E-state index >= 15 is 8.78 Å². The molecule has 0 aliphatic heterocycles. The van der Waals surface area contributed by atoms with Crippen molar-refractivity contribution >= 4 is 15.9 Å². The first-order valence-corrected chi connectivity index (χ1v) is 15.6. The lowest BCUT2D eigenvalue weighted by Gasteiger charge is -2.33. The molecule has 226 valence electrons. The summed E-state index contributed by atoms with van der Waals surface area (Å²) in [4.78, 5) is 13.5. The van der Waals surface area contributed by atoms with Crippen LogP contribution in [0, 0.1) is 0 Å². The van der Waals surface area contributed by atoms with Crippen LogP contribution in [0.3, 0.4) is 0 Å². The minimum Gasteiger partial charge on any atom is -0.284 e. The molecule has 3 aliphatic rings. The predicted octanol–water partition coefficient (Wildman–Crippen LogP) is 8.70. The number of carbonyl (C=O) groups excluding carboxylic acids is 1. The van der Waals surface area contributed by atoms with Crippen LogP contribution >= 0.6 is 0 Å². The van der Waals surface area contributed by atoms with Crippen molar-refractivity contribution in [3.63, 3.8) is 0 Å². The molecule has 4 rings (SSSR count). The number of ether oxygens (including phenoxy) is 1. The molecule has 0 spiro atoms. The smallest absolute Gasteiger partial charge is 0.284 e. The van der Waals surface area contributed by atoms with Crippen LogP contribution in [0.15, 0.2) is 12.1 Å². The van der Waals surface area contributed by atoms with Gasteiger partial charge >= 0.3 is 27.6 Å². The van der Waals surface area contributed by atoms with Crippen LogP contribution in [0.5, 0.6) is 0 Å². The Morgan fingerprint density at radius 1 is 0.700 bits per heavy atom. The Balaban J connectivity index is 1.84. The van der Waals surface area contributed by atoms with Crippen LogP contribution in [-0.2, 0) is 14.9 Å². The fourth-order valence-corrected chi connectivity index (χ4v) is 7.02. The van der Waals surface area contributed by atoms with E-state index in [4.69, 9.17) is 4.55 Å². The Kier molecular flexibility index (Phi) is 9.31. The third-order valence-corrected chi connectivity index (χ3v) is 9.68. The lowest BCUT2D eigenvalue weighted by atomic mass is 9.72. The van der Waals surface area contributed by atoms with Crippen LogP contribution < -0.4 is 0 Å². The fourth-order valence-electron chi connectivity index (χ4n) is 6.68. The first kappa shape index (κ1) is 31.3. The molecular formula is C28H36F6O5S. The molecule has 3 aliphatic carbocycles. The second-order valence-corrected chi connectivity index (χ2v) is 13.0. The topological polar surface area (TPSA) is 80.7 Å². The Hall–Kier alpha value is -1.66. The van der Waals surface area contributed by atoms with Gasteiger partial charge < -0.3 is 0 Å². The summed E-state index contributed by atoms with van der Waals surface area (Å²) < 4.78 is 119. The molecule has 0 amide bonds. The van der Waals surface area contributed by atoms with Crippen molar-refractivity contribution in [2.24, 2.45) is 0 Å². The maximum atomic E-state index is 15.2. The number of Topliss-reactive ketones (excluding diaryl/α,β-unsaturated/α-hetero) is 1. The van der Waals surface area contributed by atoms with E-state index < -0.39 is 38.9 Å². The summed E-state index contributed by atoms with van der Waals surface area (Å²) in [5, 5.41) is -6.41. The minimum absolute atomic E-state index is 0.164. The average Bonchev–Trinajstić information content (AvgIpc) is 2.92. The first-order valence-electron chi connectivity index (χ1n) is 14.2. The minimum atomic E-state index is -6.84. The maximum absolute atomic E-state index is 15.2. The van der Waals surface area contributed by atoms with Gasteiger partial charge in [0.25, 0.3) is 5.78 Å². The van der Waals surface area contributed by atoms with Gasteiger partial charge in [0.1, 0.15) is 0 Å². The first-order chi connectivity index (χ1) is 18.7. The second-order valence-electron chi connectivity index (χ2n) is 11.5. The normalized spacial score (nSPS) is 21.5. The second kappa shape index (κ2) is 11.9. The van der Waals surface area contributed by atoms with E-state index in [9.17, 15) is 30.8 Å². The van der Waals surface area contributed by atoms with Gasteiger partial charge in [-0.05, 0) is 73.0 Å². The summed E-state index contributed by atoms with van der Waals surface area (Å²) in [5.41, 5.74) is 1.06. The van der Waals surface area contributed by atoms with Gasteiger partial charge in [0, 0.05) is 5.56 Å². The van der Waals surface area contributed by atoms with Crippen molar-refractivity contribution in [2.45, 2.75) is 132 Å². The molecule has 3 fully saturated rings. The molecule has 40 heavy (non-hydrogen) atoms. The van der Waals surface area contributed by atoms with Crippen molar-refractivity contribution in [3.8, 4) is 0 Å². The van der Waals surface area contributed by atoms with Gasteiger partial charge in [0.05, 0.1) is 0 Å². The molecule has 1 N–H and O–H groups in total. The van der Waals surface area contributed by atoms with Gasteiger partial charge in [-0.15, -0.1) is 0 Å². The molecule has 1 aromatic carbocycles. The van der Waals surface area contributed by atoms with Gasteiger partial charge in [-0.3, -0.25) is 9.35 Å². The summed E-state index contributed by atoms with van der Waals surface area (Å²) in [6.45, 7) is 0. The van der Waals surface area contributed by atoms with E-state index in [2.05, 4.69) is 4.74 Å². The Morgan fingerprint density at radius 2 is 1.07 bits per heavy atom. The van der Waals surface area contributed by atoms with Gasteiger partial charge in [-0.2, -0.15) is 34.8 Å². The number of ketones is 1. The number of hydrogen-bond donors (Lipinski definition) is 1. The summed E-state index contributed by atoms with van der Waals surface area (Å²) in [5.74, 6) is -2.63. The highest BCUT2D eigenvalue weighted by molar-refractivity contribution is 7.86. The molecule has 5 nitrogen and oxygen atoms in total. The summed E-state index contributed by atoms with van der Waals surface area (Å²) in [7, 11) is -6.84. The number of carbonyl (C=O) groups is 1. The zero-order valence-corrected chi connectivity index (χ0v) is 23.1.